The number of ether oxygens (including phenoxy) is 1. The van der Waals surface area contributed by atoms with Gasteiger partial charge in [-0.25, -0.2) is 0 Å². The van der Waals surface area contributed by atoms with Gasteiger partial charge in [-0.2, -0.15) is 0 Å². The van der Waals surface area contributed by atoms with Crippen molar-refractivity contribution in [1.82, 2.24) is 4.98 Å². The highest BCUT2D eigenvalue weighted by Crippen LogP contribution is 2.26. The Morgan fingerprint density at radius 2 is 2.19 bits per heavy atom. The summed E-state index contributed by atoms with van der Waals surface area (Å²) in [4.78, 5) is 4.36. The van der Waals surface area contributed by atoms with E-state index in [2.05, 4.69) is 17.1 Å². The molecule has 0 radical (unpaired) electrons. The molecule has 1 heterocycles. The Labute approximate surface area is 95.2 Å². The van der Waals surface area contributed by atoms with Gasteiger partial charge in [0.1, 0.15) is 11.3 Å². The van der Waals surface area contributed by atoms with Crippen LogP contribution in [0.2, 0.25) is 0 Å². The maximum atomic E-state index is 5.54. The first-order valence-corrected chi connectivity index (χ1v) is 5.47. The minimum atomic E-state index is 0.716. The first-order chi connectivity index (χ1) is 7.86. The third-order valence-electron chi connectivity index (χ3n) is 2.69. The maximum Gasteiger partial charge on any atom is 0.145 e. The number of aromatic nitrogens is 1. The van der Waals surface area contributed by atoms with Crippen LogP contribution in [0.25, 0.3) is 10.9 Å². The molecule has 0 spiro atoms. The lowest BCUT2D eigenvalue weighted by atomic mass is 10.0. The number of benzene rings is 1. The predicted molar refractivity (Wildman–Crippen MR) is 65.7 cm³/mol. The summed E-state index contributed by atoms with van der Waals surface area (Å²) < 4.78 is 5.30. The monoisotopic (exact) mass is 216 g/mol. The van der Waals surface area contributed by atoms with Gasteiger partial charge in [-0.05, 0) is 37.1 Å². The molecule has 0 aliphatic rings. The summed E-state index contributed by atoms with van der Waals surface area (Å²) in [5.74, 6) is 0.826. The number of aryl methyl sites for hydroxylation is 1. The van der Waals surface area contributed by atoms with Crippen LogP contribution in [0.3, 0.4) is 0 Å². The summed E-state index contributed by atoms with van der Waals surface area (Å²) in [5.41, 5.74) is 7.75. The van der Waals surface area contributed by atoms with Crippen LogP contribution in [-0.2, 0) is 6.42 Å². The number of hydrogen-bond acceptors (Lipinski definition) is 3. The van der Waals surface area contributed by atoms with Gasteiger partial charge in [0.15, 0.2) is 0 Å². The largest absolute Gasteiger partial charge is 0.494 e. The molecule has 0 bridgehead atoms. The average Bonchev–Trinajstić information content (AvgIpc) is 2.36. The molecule has 3 nitrogen and oxygen atoms in total. The molecule has 2 aromatic rings. The van der Waals surface area contributed by atoms with Crippen LogP contribution < -0.4 is 10.5 Å². The highest BCUT2D eigenvalue weighted by Gasteiger charge is 2.06. The Morgan fingerprint density at radius 1 is 1.31 bits per heavy atom. The van der Waals surface area contributed by atoms with Gasteiger partial charge < -0.3 is 10.5 Å². The van der Waals surface area contributed by atoms with Crippen LogP contribution >= 0.6 is 0 Å². The molecule has 0 amide bonds. The topological polar surface area (TPSA) is 48.1 Å². The number of fused-ring (bicyclic) bond motifs is 1. The summed E-state index contributed by atoms with van der Waals surface area (Å²) in [6, 6.07) is 8.10. The number of nitrogens with zero attached hydrogens (tertiary/aromatic N) is 1. The fraction of sp³-hybridized carbons (Fsp3) is 0.308. The summed E-state index contributed by atoms with van der Waals surface area (Å²) in [6.07, 6.45) is 3.77. The van der Waals surface area contributed by atoms with Crippen LogP contribution in [-0.4, -0.2) is 18.6 Å². The van der Waals surface area contributed by atoms with E-state index in [9.17, 15) is 0 Å². The molecule has 1 aromatic heterocycles. The standard InChI is InChI=1S/C13H16N2O/c1-16-12-7-6-10(4-2-8-14)11-5-3-9-15-13(11)12/h3,5-7,9H,2,4,8,14H2,1H3. The van der Waals surface area contributed by atoms with Gasteiger partial charge in [0.05, 0.1) is 7.11 Å². The van der Waals surface area contributed by atoms with E-state index in [1.807, 2.05) is 12.1 Å². The van der Waals surface area contributed by atoms with Crippen molar-refractivity contribution in [1.29, 1.82) is 0 Å². The SMILES string of the molecule is COc1ccc(CCCN)c2cccnc12. The molecule has 0 aliphatic carbocycles. The molecule has 0 aliphatic heterocycles. The lowest BCUT2D eigenvalue weighted by molar-refractivity contribution is 0.419. The normalized spacial score (nSPS) is 10.6. The van der Waals surface area contributed by atoms with Crippen molar-refractivity contribution in [3.63, 3.8) is 0 Å². The van der Waals surface area contributed by atoms with Crippen molar-refractivity contribution in [2.75, 3.05) is 13.7 Å². The Hall–Kier alpha value is -1.61. The molecular weight excluding hydrogens is 200 g/mol. The zero-order valence-electron chi connectivity index (χ0n) is 9.44. The molecule has 1 aromatic carbocycles. The highest BCUT2D eigenvalue weighted by atomic mass is 16.5. The lowest BCUT2D eigenvalue weighted by Crippen LogP contribution is -2.01. The summed E-state index contributed by atoms with van der Waals surface area (Å²) in [6.45, 7) is 0.716. The molecule has 0 fully saturated rings. The van der Waals surface area contributed by atoms with Crippen molar-refractivity contribution >= 4 is 10.9 Å². The first kappa shape index (κ1) is 10.9. The van der Waals surface area contributed by atoms with E-state index < -0.39 is 0 Å². The second kappa shape index (κ2) is 4.94. The minimum Gasteiger partial charge on any atom is -0.494 e. The fourth-order valence-electron chi connectivity index (χ4n) is 1.88. The Morgan fingerprint density at radius 3 is 2.94 bits per heavy atom. The summed E-state index contributed by atoms with van der Waals surface area (Å²) in [5, 5.41) is 1.16. The molecule has 2 rings (SSSR count). The molecule has 0 saturated carbocycles. The first-order valence-electron chi connectivity index (χ1n) is 5.47. The van der Waals surface area contributed by atoms with Crippen molar-refractivity contribution in [3.05, 3.63) is 36.0 Å². The highest BCUT2D eigenvalue weighted by molar-refractivity contribution is 5.87. The molecule has 3 heteroatoms. The van der Waals surface area contributed by atoms with E-state index in [-0.39, 0.29) is 0 Å². The second-order valence-electron chi connectivity index (χ2n) is 3.72. The van der Waals surface area contributed by atoms with E-state index in [1.165, 1.54) is 5.56 Å². The Kier molecular flexibility index (Phi) is 3.37. The molecule has 0 saturated heterocycles. The molecule has 84 valence electrons. The van der Waals surface area contributed by atoms with Crippen molar-refractivity contribution in [2.45, 2.75) is 12.8 Å². The minimum absolute atomic E-state index is 0.716. The number of rotatable bonds is 4. The zero-order valence-corrected chi connectivity index (χ0v) is 9.44. The number of nitrogens with two attached hydrogens (primary N) is 1. The van der Waals surface area contributed by atoms with Gasteiger partial charge >= 0.3 is 0 Å². The van der Waals surface area contributed by atoms with Crippen LogP contribution in [0.15, 0.2) is 30.5 Å². The Bertz CT molecular complexity index is 482. The van der Waals surface area contributed by atoms with Crippen LogP contribution in [0, 0.1) is 0 Å². The van der Waals surface area contributed by atoms with Crippen molar-refractivity contribution in [2.24, 2.45) is 5.73 Å². The molecule has 2 N–H and O–H groups in total. The molecule has 0 atom stereocenters. The van der Waals surface area contributed by atoms with Crippen LogP contribution in [0.5, 0.6) is 5.75 Å². The van der Waals surface area contributed by atoms with Gasteiger partial charge in [-0.3, -0.25) is 4.98 Å². The predicted octanol–water partition coefficient (Wildman–Crippen LogP) is 2.13. The van der Waals surface area contributed by atoms with Gasteiger partial charge in [0.2, 0.25) is 0 Å². The maximum absolute atomic E-state index is 5.54. The van der Waals surface area contributed by atoms with E-state index >= 15 is 0 Å². The quantitative estimate of drug-likeness (QED) is 0.851. The summed E-state index contributed by atoms with van der Waals surface area (Å²) >= 11 is 0. The zero-order chi connectivity index (χ0) is 11.4. The van der Waals surface area contributed by atoms with Gasteiger partial charge in [0, 0.05) is 11.6 Å². The number of pyridine rings is 1. The molecule has 0 unspecified atom stereocenters. The third kappa shape index (κ3) is 1.99. The smallest absolute Gasteiger partial charge is 0.145 e. The van der Waals surface area contributed by atoms with Gasteiger partial charge in [-0.1, -0.05) is 12.1 Å². The van der Waals surface area contributed by atoms with E-state index in [1.54, 1.807) is 13.3 Å². The third-order valence-corrected chi connectivity index (χ3v) is 2.69. The number of hydrogen-bond donors (Lipinski definition) is 1. The van der Waals surface area contributed by atoms with Crippen molar-refractivity contribution in [3.8, 4) is 5.75 Å². The molecule has 16 heavy (non-hydrogen) atoms. The number of methoxy groups -OCH3 is 1. The summed E-state index contributed by atoms with van der Waals surface area (Å²) in [7, 11) is 1.67. The van der Waals surface area contributed by atoms with Crippen LogP contribution in [0.4, 0.5) is 0 Å². The second-order valence-corrected chi connectivity index (χ2v) is 3.72. The van der Waals surface area contributed by atoms with Gasteiger partial charge in [-0.15, -0.1) is 0 Å². The fourth-order valence-corrected chi connectivity index (χ4v) is 1.88. The van der Waals surface area contributed by atoms with E-state index in [4.69, 9.17) is 10.5 Å². The van der Waals surface area contributed by atoms with Crippen LogP contribution in [0.1, 0.15) is 12.0 Å². The Balaban J connectivity index is 2.51. The average molecular weight is 216 g/mol. The van der Waals surface area contributed by atoms with Gasteiger partial charge in [0.25, 0.3) is 0 Å². The lowest BCUT2D eigenvalue weighted by Gasteiger charge is -2.08. The van der Waals surface area contributed by atoms with E-state index in [0.29, 0.717) is 6.54 Å². The van der Waals surface area contributed by atoms with E-state index in [0.717, 1.165) is 29.5 Å². The molecular formula is C13H16N2O. The van der Waals surface area contributed by atoms with Crippen molar-refractivity contribution < 1.29 is 4.74 Å².